The molecule has 3 rings (SSSR count). The largest absolute Gasteiger partial charge is 0.360 e. The highest BCUT2D eigenvalue weighted by atomic mass is 19.1. The first-order valence-corrected chi connectivity index (χ1v) is 6.71. The van der Waals surface area contributed by atoms with Gasteiger partial charge in [0.05, 0.1) is 5.56 Å². The minimum Gasteiger partial charge on any atom is -0.360 e. The van der Waals surface area contributed by atoms with Gasteiger partial charge in [-0.3, -0.25) is 4.79 Å². The third kappa shape index (κ3) is 2.23. The van der Waals surface area contributed by atoms with Gasteiger partial charge in [0.15, 0.2) is 0 Å². The van der Waals surface area contributed by atoms with E-state index in [0.29, 0.717) is 17.0 Å². The van der Waals surface area contributed by atoms with Crippen molar-refractivity contribution in [2.75, 3.05) is 13.1 Å². The van der Waals surface area contributed by atoms with Gasteiger partial charge in [-0.1, -0.05) is 6.92 Å². The number of hydrogen-bond donors (Lipinski definition) is 1. The zero-order chi connectivity index (χ0) is 13.4. The molecule has 1 aromatic heterocycles. The van der Waals surface area contributed by atoms with E-state index >= 15 is 0 Å². The van der Waals surface area contributed by atoms with E-state index in [9.17, 15) is 9.18 Å². The predicted molar refractivity (Wildman–Crippen MR) is 72.6 cm³/mol. The Hall–Kier alpha value is -1.84. The second-order valence-corrected chi connectivity index (χ2v) is 5.39. The average Bonchev–Trinajstić information content (AvgIpc) is 2.80. The van der Waals surface area contributed by atoms with Crippen LogP contribution in [-0.2, 0) is 0 Å². The Morgan fingerprint density at radius 1 is 1.47 bits per heavy atom. The summed E-state index contributed by atoms with van der Waals surface area (Å²) in [5.74, 6) is 0.310. The van der Waals surface area contributed by atoms with Crippen molar-refractivity contribution in [3.8, 4) is 0 Å². The smallest absolute Gasteiger partial charge is 0.256 e. The van der Waals surface area contributed by atoms with Crippen LogP contribution in [0.3, 0.4) is 0 Å². The van der Waals surface area contributed by atoms with E-state index in [2.05, 4.69) is 11.9 Å². The molecule has 3 nitrogen and oxygen atoms in total. The number of piperidine rings is 1. The number of hydrogen-bond acceptors (Lipinski definition) is 1. The lowest BCUT2D eigenvalue weighted by molar-refractivity contribution is 0.0685. The van der Waals surface area contributed by atoms with E-state index in [4.69, 9.17) is 0 Å². The summed E-state index contributed by atoms with van der Waals surface area (Å²) < 4.78 is 13.1. The molecular weight excluding hydrogens is 243 g/mol. The number of fused-ring (bicyclic) bond motifs is 1. The number of aromatic nitrogens is 1. The van der Waals surface area contributed by atoms with Gasteiger partial charge < -0.3 is 9.88 Å². The average molecular weight is 260 g/mol. The summed E-state index contributed by atoms with van der Waals surface area (Å²) in [4.78, 5) is 17.4. The molecule has 0 spiro atoms. The van der Waals surface area contributed by atoms with E-state index in [1.165, 1.54) is 18.6 Å². The summed E-state index contributed by atoms with van der Waals surface area (Å²) >= 11 is 0. The number of rotatable bonds is 1. The number of aromatic amines is 1. The molecule has 19 heavy (non-hydrogen) atoms. The molecule has 100 valence electrons. The Morgan fingerprint density at radius 2 is 2.32 bits per heavy atom. The fourth-order valence-corrected chi connectivity index (χ4v) is 2.82. The normalized spacial score (nSPS) is 19.9. The van der Waals surface area contributed by atoms with Crippen molar-refractivity contribution in [3.63, 3.8) is 0 Å². The van der Waals surface area contributed by atoms with E-state index in [1.54, 1.807) is 12.3 Å². The van der Waals surface area contributed by atoms with Crippen molar-refractivity contribution in [1.82, 2.24) is 9.88 Å². The summed E-state index contributed by atoms with van der Waals surface area (Å²) in [6.07, 6.45) is 3.93. The zero-order valence-electron chi connectivity index (χ0n) is 10.9. The second kappa shape index (κ2) is 4.68. The first-order valence-electron chi connectivity index (χ1n) is 6.71. The molecule has 1 atom stereocenters. The highest BCUT2D eigenvalue weighted by molar-refractivity contribution is 6.06. The maximum Gasteiger partial charge on any atom is 0.256 e. The minimum absolute atomic E-state index is 0.0457. The van der Waals surface area contributed by atoms with Crippen molar-refractivity contribution in [3.05, 3.63) is 35.8 Å². The summed E-state index contributed by atoms with van der Waals surface area (Å²) in [5.41, 5.74) is 1.32. The van der Waals surface area contributed by atoms with Crippen molar-refractivity contribution in [1.29, 1.82) is 0 Å². The minimum atomic E-state index is -0.292. The van der Waals surface area contributed by atoms with Crippen LogP contribution >= 0.6 is 0 Å². The molecule has 4 heteroatoms. The number of nitrogens with one attached hydrogen (secondary N) is 1. The molecule has 1 saturated heterocycles. The third-order valence-electron chi connectivity index (χ3n) is 3.82. The molecule has 0 radical (unpaired) electrons. The van der Waals surface area contributed by atoms with Crippen LogP contribution in [0.25, 0.3) is 10.9 Å². The lowest BCUT2D eigenvalue weighted by Crippen LogP contribution is -2.39. The molecule has 1 aromatic carbocycles. The van der Waals surface area contributed by atoms with Crippen LogP contribution in [0.2, 0.25) is 0 Å². The van der Waals surface area contributed by atoms with E-state index in [1.807, 2.05) is 4.90 Å². The zero-order valence-corrected chi connectivity index (χ0v) is 10.9. The summed E-state index contributed by atoms with van der Waals surface area (Å²) in [7, 11) is 0. The Kier molecular flexibility index (Phi) is 3.01. The maximum absolute atomic E-state index is 13.1. The molecule has 1 aliphatic rings. The summed E-state index contributed by atoms with van der Waals surface area (Å²) in [6.45, 7) is 3.80. The SMILES string of the molecule is CC1CCCN(C(=O)c2c[nH]c3cc(F)ccc23)C1. The predicted octanol–water partition coefficient (Wildman–Crippen LogP) is 3.18. The highest BCUT2D eigenvalue weighted by Crippen LogP contribution is 2.23. The molecule has 1 aliphatic heterocycles. The Labute approximate surface area is 111 Å². The van der Waals surface area contributed by atoms with Gasteiger partial charge in [-0.15, -0.1) is 0 Å². The molecule has 1 unspecified atom stereocenters. The first kappa shape index (κ1) is 12.2. The third-order valence-corrected chi connectivity index (χ3v) is 3.82. The Morgan fingerprint density at radius 3 is 3.11 bits per heavy atom. The van der Waals surface area contributed by atoms with Crippen molar-refractivity contribution < 1.29 is 9.18 Å². The molecule has 1 amide bonds. The number of H-pyrrole nitrogens is 1. The van der Waals surface area contributed by atoms with Crippen LogP contribution in [0.1, 0.15) is 30.1 Å². The highest BCUT2D eigenvalue weighted by Gasteiger charge is 2.23. The molecule has 2 heterocycles. The van der Waals surface area contributed by atoms with Gasteiger partial charge in [0.25, 0.3) is 5.91 Å². The second-order valence-electron chi connectivity index (χ2n) is 5.39. The van der Waals surface area contributed by atoms with Crippen LogP contribution in [0, 0.1) is 11.7 Å². The number of benzene rings is 1. The fourth-order valence-electron chi connectivity index (χ4n) is 2.82. The number of carbonyl (C=O) groups excluding carboxylic acids is 1. The van der Waals surface area contributed by atoms with Gasteiger partial charge in [-0.25, -0.2) is 4.39 Å². The number of carbonyl (C=O) groups is 1. The standard InChI is InChI=1S/C15H17FN2O/c1-10-3-2-6-18(9-10)15(19)13-8-17-14-7-11(16)4-5-12(13)14/h4-5,7-8,10,17H,2-3,6,9H2,1H3. The summed E-state index contributed by atoms with van der Waals surface area (Å²) in [5, 5.41) is 0.796. The maximum atomic E-state index is 13.1. The monoisotopic (exact) mass is 260 g/mol. The van der Waals surface area contributed by atoms with Crippen LogP contribution < -0.4 is 0 Å². The van der Waals surface area contributed by atoms with Gasteiger partial charge in [0.2, 0.25) is 0 Å². The van der Waals surface area contributed by atoms with Gasteiger partial charge in [0, 0.05) is 30.2 Å². The van der Waals surface area contributed by atoms with E-state index < -0.39 is 0 Å². The van der Waals surface area contributed by atoms with Crippen molar-refractivity contribution >= 4 is 16.8 Å². The van der Waals surface area contributed by atoms with Crippen LogP contribution in [0.15, 0.2) is 24.4 Å². The molecule has 0 bridgehead atoms. The Bertz CT molecular complexity index is 620. The van der Waals surface area contributed by atoms with Crippen molar-refractivity contribution in [2.45, 2.75) is 19.8 Å². The van der Waals surface area contributed by atoms with Crippen LogP contribution in [0.4, 0.5) is 4.39 Å². The van der Waals surface area contributed by atoms with Gasteiger partial charge in [0.1, 0.15) is 5.82 Å². The molecule has 0 saturated carbocycles. The van der Waals surface area contributed by atoms with Crippen LogP contribution in [-0.4, -0.2) is 28.9 Å². The number of nitrogens with zero attached hydrogens (tertiary/aromatic N) is 1. The lowest BCUT2D eigenvalue weighted by atomic mass is 9.99. The number of likely N-dealkylation sites (tertiary alicyclic amines) is 1. The van der Waals surface area contributed by atoms with Gasteiger partial charge >= 0.3 is 0 Å². The number of halogens is 1. The molecule has 2 aromatic rings. The molecule has 1 N–H and O–H groups in total. The van der Waals surface area contributed by atoms with E-state index in [0.717, 1.165) is 24.9 Å². The van der Waals surface area contributed by atoms with Gasteiger partial charge in [-0.2, -0.15) is 0 Å². The molecular formula is C15H17FN2O. The Balaban J connectivity index is 1.93. The molecule has 0 aliphatic carbocycles. The van der Waals surface area contributed by atoms with Crippen molar-refractivity contribution in [2.24, 2.45) is 5.92 Å². The lowest BCUT2D eigenvalue weighted by Gasteiger charge is -2.30. The summed E-state index contributed by atoms with van der Waals surface area (Å²) in [6, 6.07) is 4.48. The first-order chi connectivity index (χ1) is 9.15. The topological polar surface area (TPSA) is 36.1 Å². The van der Waals surface area contributed by atoms with E-state index in [-0.39, 0.29) is 11.7 Å². The number of amides is 1. The van der Waals surface area contributed by atoms with Gasteiger partial charge in [-0.05, 0) is 37.0 Å². The molecule has 1 fully saturated rings. The van der Waals surface area contributed by atoms with Crippen LogP contribution in [0.5, 0.6) is 0 Å². The quantitative estimate of drug-likeness (QED) is 0.840. The fraction of sp³-hybridized carbons (Fsp3) is 0.400.